The Morgan fingerprint density at radius 3 is 2.61 bits per heavy atom. The molecule has 1 atom stereocenters. The molecule has 1 amide bonds. The number of hydrogen-bond acceptors (Lipinski definition) is 3. The first-order valence-corrected chi connectivity index (χ1v) is 8.63. The van der Waals surface area contributed by atoms with E-state index in [4.69, 9.17) is 0 Å². The van der Waals surface area contributed by atoms with E-state index in [1.54, 1.807) is 30.4 Å². The van der Waals surface area contributed by atoms with Crippen LogP contribution in [0, 0.1) is 5.82 Å². The predicted octanol–water partition coefficient (Wildman–Crippen LogP) is 3.03. The highest BCUT2D eigenvalue weighted by atomic mass is 32.1. The van der Waals surface area contributed by atoms with Gasteiger partial charge in [0.25, 0.3) is 0 Å². The van der Waals surface area contributed by atoms with E-state index in [0.717, 1.165) is 24.0 Å². The van der Waals surface area contributed by atoms with E-state index >= 15 is 0 Å². The maximum absolute atomic E-state index is 13.0. The Hall–Kier alpha value is -1.72. The van der Waals surface area contributed by atoms with Crippen molar-refractivity contribution < 1.29 is 14.3 Å². The molecule has 1 unspecified atom stereocenters. The SMILES string of the molecule is CC(O)(CNC(=O)C1(c2ccc(F)cc2)CC1)Cc1ccsc1. The van der Waals surface area contributed by atoms with Crippen molar-refractivity contribution in [3.63, 3.8) is 0 Å². The normalized spacial score (nSPS) is 18.2. The minimum atomic E-state index is -0.990. The van der Waals surface area contributed by atoms with Crippen molar-refractivity contribution in [3.05, 3.63) is 58.0 Å². The summed E-state index contributed by atoms with van der Waals surface area (Å²) in [6.07, 6.45) is 2.02. The molecule has 0 radical (unpaired) electrons. The second kappa shape index (κ2) is 6.06. The van der Waals surface area contributed by atoms with E-state index in [9.17, 15) is 14.3 Å². The second-order valence-corrected chi connectivity index (χ2v) is 7.36. The van der Waals surface area contributed by atoms with Crippen LogP contribution in [-0.4, -0.2) is 23.2 Å². The molecule has 1 fully saturated rings. The van der Waals surface area contributed by atoms with E-state index in [2.05, 4.69) is 5.32 Å². The maximum atomic E-state index is 13.0. The van der Waals surface area contributed by atoms with Crippen LogP contribution in [0.25, 0.3) is 0 Å². The van der Waals surface area contributed by atoms with Crippen LogP contribution in [-0.2, 0) is 16.6 Å². The number of rotatable bonds is 6. The number of hydrogen-bond donors (Lipinski definition) is 2. The monoisotopic (exact) mass is 333 g/mol. The third-order valence-corrected chi connectivity index (χ3v) is 5.11. The molecule has 1 aromatic heterocycles. The van der Waals surface area contributed by atoms with E-state index in [0.29, 0.717) is 6.42 Å². The number of amides is 1. The number of carbonyl (C=O) groups is 1. The molecule has 2 aromatic rings. The van der Waals surface area contributed by atoms with E-state index < -0.39 is 11.0 Å². The molecule has 0 bridgehead atoms. The molecule has 5 heteroatoms. The fourth-order valence-corrected chi connectivity index (χ4v) is 3.54. The van der Waals surface area contributed by atoms with E-state index in [1.165, 1.54) is 12.1 Å². The Kier molecular flexibility index (Phi) is 4.25. The predicted molar refractivity (Wildman–Crippen MR) is 89.0 cm³/mol. The molecule has 3 rings (SSSR count). The summed E-state index contributed by atoms with van der Waals surface area (Å²) < 4.78 is 13.0. The quantitative estimate of drug-likeness (QED) is 0.854. The summed E-state index contributed by atoms with van der Waals surface area (Å²) in [7, 11) is 0. The van der Waals surface area contributed by atoms with E-state index in [1.807, 2.05) is 16.8 Å². The standard InChI is InChI=1S/C18H20FNO2S/c1-17(22,10-13-6-9-23-11-13)12-20-16(21)18(7-8-18)14-2-4-15(19)5-3-14/h2-6,9,11,22H,7-8,10,12H2,1H3,(H,20,21). The number of nitrogens with one attached hydrogen (secondary N) is 1. The molecule has 3 nitrogen and oxygen atoms in total. The lowest BCUT2D eigenvalue weighted by Crippen LogP contribution is -2.45. The largest absolute Gasteiger partial charge is 0.388 e. The molecule has 0 spiro atoms. The van der Waals surface area contributed by atoms with E-state index in [-0.39, 0.29) is 18.3 Å². The van der Waals surface area contributed by atoms with Gasteiger partial charge in [-0.15, -0.1) is 0 Å². The highest BCUT2D eigenvalue weighted by Gasteiger charge is 2.51. The minimum Gasteiger partial charge on any atom is -0.388 e. The Morgan fingerprint density at radius 1 is 1.35 bits per heavy atom. The van der Waals surface area contributed by atoms with Crippen molar-refractivity contribution in [2.75, 3.05) is 6.54 Å². The first-order chi connectivity index (χ1) is 10.9. The van der Waals surface area contributed by atoms with Gasteiger partial charge in [0.1, 0.15) is 5.82 Å². The Morgan fingerprint density at radius 2 is 2.04 bits per heavy atom. The van der Waals surface area contributed by atoms with Crippen LogP contribution in [0.15, 0.2) is 41.1 Å². The fourth-order valence-electron chi connectivity index (χ4n) is 2.88. The molecule has 1 aliphatic rings. The zero-order valence-electron chi connectivity index (χ0n) is 13.0. The molecule has 2 N–H and O–H groups in total. The number of thiophene rings is 1. The van der Waals surface area contributed by atoms with Crippen LogP contribution in [0.2, 0.25) is 0 Å². The van der Waals surface area contributed by atoms with Gasteiger partial charge >= 0.3 is 0 Å². The van der Waals surface area contributed by atoms with Crippen LogP contribution in [0.4, 0.5) is 4.39 Å². The third-order valence-electron chi connectivity index (χ3n) is 4.38. The molecular weight excluding hydrogens is 313 g/mol. The lowest BCUT2D eigenvalue weighted by atomic mass is 9.93. The lowest BCUT2D eigenvalue weighted by molar-refractivity contribution is -0.124. The summed E-state index contributed by atoms with van der Waals surface area (Å²) in [5, 5.41) is 17.3. The van der Waals surface area contributed by atoms with Crippen molar-refractivity contribution in [2.45, 2.75) is 37.2 Å². The highest BCUT2D eigenvalue weighted by Crippen LogP contribution is 2.48. The van der Waals surface area contributed by atoms with Gasteiger partial charge in [0.15, 0.2) is 0 Å². The second-order valence-electron chi connectivity index (χ2n) is 6.58. The molecule has 23 heavy (non-hydrogen) atoms. The van der Waals surface area contributed by atoms with Crippen LogP contribution >= 0.6 is 11.3 Å². The van der Waals surface area contributed by atoms with Gasteiger partial charge < -0.3 is 10.4 Å². The van der Waals surface area contributed by atoms with Gasteiger partial charge in [-0.1, -0.05) is 12.1 Å². The van der Waals surface area contributed by atoms with Gasteiger partial charge in [0, 0.05) is 13.0 Å². The van der Waals surface area contributed by atoms with Crippen molar-refractivity contribution >= 4 is 17.2 Å². The Balaban J connectivity index is 1.61. The summed E-state index contributed by atoms with van der Waals surface area (Å²) in [6, 6.07) is 8.09. The molecular formula is C18H20FNO2S. The molecule has 122 valence electrons. The van der Waals surface area contributed by atoms with Crippen molar-refractivity contribution in [1.29, 1.82) is 0 Å². The summed E-state index contributed by atoms with van der Waals surface area (Å²) in [5.41, 5.74) is 0.365. The summed E-state index contributed by atoms with van der Waals surface area (Å²) in [6.45, 7) is 1.92. The van der Waals surface area contributed by atoms with Gasteiger partial charge in [-0.3, -0.25) is 4.79 Å². The molecule has 0 aliphatic heterocycles. The van der Waals surface area contributed by atoms with Crippen LogP contribution < -0.4 is 5.32 Å². The molecule has 1 saturated carbocycles. The first-order valence-electron chi connectivity index (χ1n) is 7.69. The zero-order valence-corrected chi connectivity index (χ0v) is 13.8. The lowest BCUT2D eigenvalue weighted by Gasteiger charge is -2.25. The van der Waals surface area contributed by atoms with Gasteiger partial charge in [-0.25, -0.2) is 4.39 Å². The molecule has 1 aliphatic carbocycles. The zero-order chi connectivity index (χ0) is 16.5. The number of aliphatic hydroxyl groups is 1. The van der Waals surface area contributed by atoms with Gasteiger partial charge in [-0.2, -0.15) is 11.3 Å². The number of halogens is 1. The number of benzene rings is 1. The summed E-state index contributed by atoms with van der Waals surface area (Å²) >= 11 is 1.59. The topological polar surface area (TPSA) is 49.3 Å². The average molecular weight is 333 g/mol. The van der Waals surface area contributed by atoms with Gasteiger partial charge in [0.05, 0.1) is 11.0 Å². The van der Waals surface area contributed by atoms with Gasteiger partial charge in [-0.05, 0) is 59.9 Å². The van der Waals surface area contributed by atoms with Crippen LogP contribution in [0.3, 0.4) is 0 Å². The average Bonchev–Trinajstić information content (AvgIpc) is 3.17. The summed E-state index contributed by atoms with van der Waals surface area (Å²) in [5.74, 6) is -0.390. The minimum absolute atomic E-state index is 0.0882. The fraction of sp³-hybridized carbons (Fsp3) is 0.389. The molecule has 1 heterocycles. The highest BCUT2D eigenvalue weighted by molar-refractivity contribution is 7.07. The first kappa shape index (κ1) is 16.1. The summed E-state index contributed by atoms with van der Waals surface area (Å²) in [4.78, 5) is 12.5. The third kappa shape index (κ3) is 3.62. The van der Waals surface area contributed by atoms with Crippen molar-refractivity contribution in [3.8, 4) is 0 Å². The van der Waals surface area contributed by atoms with Gasteiger partial charge in [0.2, 0.25) is 5.91 Å². The van der Waals surface area contributed by atoms with Crippen LogP contribution in [0.1, 0.15) is 30.9 Å². The van der Waals surface area contributed by atoms with Crippen molar-refractivity contribution in [1.82, 2.24) is 5.32 Å². The van der Waals surface area contributed by atoms with Crippen LogP contribution in [0.5, 0.6) is 0 Å². The maximum Gasteiger partial charge on any atom is 0.230 e. The Labute approximate surface area is 139 Å². The smallest absolute Gasteiger partial charge is 0.230 e. The van der Waals surface area contributed by atoms with Crippen molar-refractivity contribution in [2.24, 2.45) is 0 Å². The molecule has 1 aromatic carbocycles. The Bertz CT molecular complexity index is 676. The molecule has 0 saturated heterocycles. The number of carbonyl (C=O) groups excluding carboxylic acids is 1.